The number of nitrogens with zero attached hydrogens (tertiary/aromatic N) is 1. The molecule has 1 aromatic rings. The van der Waals surface area contributed by atoms with E-state index in [1.807, 2.05) is 31.2 Å². The van der Waals surface area contributed by atoms with Crippen molar-refractivity contribution < 1.29 is 5.11 Å². The topological polar surface area (TPSA) is 44.0 Å². The number of nitriles is 1. The molecule has 2 heteroatoms. The molecule has 2 unspecified atom stereocenters. The Bertz CT molecular complexity index is 363. The maximum atomic E-state index is 10.2. The molecule has 0 spiro atoms. The lowest BCUT2D eigenvalue weighted by Crippen LogP contribution is -2.29. The first-order chi connectivity index (χ1) is 6.50. The van der Waals surface area contributed by atoms with Gasteiger partial charge in [-0.05, 0) is 31.9 Å². The summed E-state index contributed by atoms with van der Waals surface area (Å²) in [6, 6.07) is 9.68. The third-order valence-electron chi connectivity index (χ3n) is 2.73. The zero-order valence-corrected chi connectivity index (χ0v) is 8.78. The molecule has 0 saturated heterocycles. The lowest BCUT2D eigenvalue weighted by Gasteiger charge is -2.27. The number of aliphatic hydroxyl groups is 1. The van der Waals surface area contributed by atoms with Crippen LogP contribution < -0.4 is 0 Å². The fraction of sp³-hybridized carbons (Fsp3) is 0.417. The smallest absolute Gasteiger partial charge is 0.103 e. The molecule has 0 amide bonds. The van der Waals surface area contributed by atoms with E-state index in [2.05, 4.69) is 6.07 Å². The van der Waals surface area contributed by atoms with Crippen LogP contribution in [0, 0.1) is 24.2 Å². The van der Waals surface area contributed by atoms with E-state index in [4.69, 9.17) is 5.26 Å². The second-order valence-electron chi connectivity index (χ2n) is 3.81. The molecule has 0 heterocycles. The Hall–Kier alpha value is -1.33. The molecule has 74 valence electrons. The first kappa shape index (κ1) is 10.7. The van der Waals surface area contributed by atoms with Crippen LogP contribution in [0.25, 0.3) is 0 Å². The molecule has 1 rings (SSSR count). The summed E-state index contributed by atoms with van der Waals surface area (Å²) in [5.41, 5.74) is 0.772. The number of rotatable bonds is 2. The van der Waals surface area contributed by atoms with Crippen molar-refractivity contribution in [1.29, 1.82) is 5.26 Å². The molecule has 2 atom stereocenters. The molecule has 1 aromatic carbocycles. The van der Waals surface area contributed by atoms with Gasteiger partial charge in [0.1, 0.15) is 5.60 Å². The fourth-order valence-corrected chi connectivity index (χ4v) is 1.50. The highest BCUT2D eigenvalue weighted by Gasteiger charge is 2.31. The number of hydrogen-bond donors (Lipinski definition) is 1. The molecule has 0 saturated carbocycles. The summed E-state index contributed by atoms with van der Waals surface area (Å²) in [7, 11) is 0. The van der Waals surface area contributed by atoms with E-state index in [0.717, 1.165) is 11.1 Å². The molecule has 0 bridgehead atoms. The molecule has 14 heavy (non-hydrogen) atoms. The Labute approximate surface area is 84.8 Å². The first-order valence-corrected chi connectivity index (χ1v) is 4.68. The van der Waals surface area contributed by atoms with Gasteiger partial charge in [-0.2, -0.15) is 5.26 Å². The third kappa shape index (κ3) is 1.78. The number of hydrogen-bond acceptors (Lipinski definition) is 2. The van der Waals surface area contributed by atoms with Crippen LogP contribution in [0.5, 0.6) is 0 Å². The molecule has 0 radical (unpaired) electrons. The summed E-state index contributed by atoms with van der Waals surface area (Å²) in [6.07, 6.45) is 0. The van der Waals surface area contributed by atoms with Gasteiger partial charge >= 0.3 is 0 Å². The lowest BCUT2D eigenvalue weighted by molar-refractivity contribution is 0.0226. The second-order valence-corrected chi connectivity index (χ2v) is 3.81. The monoisotopic (exact) mass is 189 g/mol. The molecule has 0 aromatic heterocycles. The Morgan fingerprint density at radius 2 is 2.00 bits per heavy atom. The molecule has 0 fully saturated rings. The average Bonchev–Trinajstić information content (AvgIpc) is 2.17. The van der Waals surface area contributed by atoms with E-state index in [0.29, 0.717) is 0 Å². The molecule has 0 aliphatic rings. The molecule has 0 aliphatic carbocycles. The second kappa shape index (κ2) is 3.81. The van der Waals surface area contributed by atoms with Crippen LogP contribution in [-0.4, -0.2) is 5.11 Å². The predicted octanol–water partition coefficient (Wildman–Crippen LogP) is 2.36. The zero-order chi connectivity index (χ0) is 10.8. The average molecular weight is 189 g/mol. The van der Waals surface area contributed by atoms with Crippen molar-refractivity contribution in [1.82, 2.24) is 0 Å². The maximum absolute atomic E-state index is 10.2. The van der Waals surface area contributed by atoms with Crippen molar-refractivity contribution in [2.75, 3.05) is 0 Å². The van der Waals surface area contributed by atoms with E-state index < -0.39 is 11.5 Å². The minimum absolute atomic E-state index is 0.413. The molecular formula is C12H15NO. The summed E-state index contributed by atoms with van der Waals surface area (Å²) < 4.78 is 0. The maximum Gasteiger partial charge on any atom is 0.103 e. The molecule has 2 nitrogen and oxygen atoms in total. The summed E-state index contributed by atoms with van der Waals surface area (Å²) in [4.78, 5) is 0. The zero-order valence-electron chi connectivity index (χ0n) is 8.78. The van der Waals surface area contributed by atoms with Gasteiger partial charge in [-0.3, -0.25) is 0 Å². The van der Waals surface area contributed by atoms with Crippen molar-refractivity contribution in [3.05, 3.63) is 35.4 Å². The van der Waals surface area contributed by atoms with Crippen LogP contribution >= 0.6 is 0 Å². The van der Waals surface area contributed by atoms with Crippen LogP contribution in [-0.2, 0) is 5.60 Å². The SMILES string of the molecule is Cc1ccccc1C(C)(O)C(C)C#N. The fourth-order valence-electron chi connectivity index (χ4n) is 1.50. The van der Waals surface area contributed by atoms with Gasteiger partial charge in [0.15, 0.2) is 0 Å². The first-order valence-electron chi connectivity index (χ1n) is 4.68. The van der Waals surface area contributed by atoms with Crippen molar-refractivity contribution >= 4 is 0 Å². The number of benzene rings is 1. The van der Waals surface area contributed by atoms with Crippen molar-refractivity contribution in [3.63, 3.8) is 0 Å². The van der Waals surface area contributed by atoms with Crippen LogP contribution in [0.15, 0.2) is 24.3 Å². The van der Waals surface area contributed by atoms with Gasteiger partial charge in [-0.1, -0.05) is 24.3 Å². The lowest BCUT2D eigenvalue weighted by atomic mass is 9.83. The Morgan fingerprint density at radius 3 is 2.50 bits per heavy atom. The van der Waals surface area contributed by atoms with Gasteiger partial charge in [0, 0.05) is 0 Å². The Balaban J connectivity index is 3.17. The van der Waals surface area contributed by atoms with Crippen molar-refractivity contribution in [2.45, 2.75) is 26.4 Å². The largest absolute Gasteiger partial charge is 0.384 e. The minimum atomic E-state index is -1.07. The highest BCUT2D eigenvalue weighted by Crippen LogP contribution is 2.30. The Morgan fingerprint density at radius 1 is 1.43 bits per heavy atom. The molecule has 0 aliphatic heterocycles. The van der Waals surface area contributed by atoms with Gasteiger partial charge in [0.2, 0.25) is 0 Å². The van der Waals surface area contributed by atoms with Crippen LogP contribution in [0.3, 0.4) is 0 Å². The summed E-state index contributed by atoms with van der Waals surface area (Å²) in [5.74, 6) is -0.413. The van der Waals surface area contributed by atoms with E-state index in [1.165, 1.54) is 0 Å². The standard InChI is InChI=1S/C12H15NO/c1-9-6-4-5-7-11(9)12(3,14)10(2)8-13/h4-7,10,14H,1-3H3. The summed E-state index contributed by atoms with van der Waals surface area (Å²) in [6.45, 7) is 5.35. The molecular weight excluding hydrogens is 174 g/mol. The van der Waals surface area contributed by atoms with Crippen LogP contribution in [0.2, 0.25) is 0 Å². The molecule has 1 N–H and O–H groups in total. The van der Waals surface area contributed by atoms with Crippen LogP contribution in [0.4, 0.5) is 0 Å². The Kier molecular flexibility index (Phi) is 2.93. The van der Waals surface area contributed by atoms with Gasteiger partial charge in [-0.25, -0.2) is 0 Å². The predicted molar refractivity (Wildman–Crippen MR) is 55.5 cm³/mol. The highest BCUT2D eigenvalue weighted by atomic mass is 16.3. The van der Waals surface area contributed by atoms with E-state index in [9.17, 15) is 5.11 Å². The summed E-state index contributed by atoms with van der Waals surface area (Å²) >= 11 is 0. The van der Waals surface area contributed by atoms with Crippen molar-refractivity contribution in [3.8, 4) is 6.07 Å². The van der Waals surface area contributed by atoms with E-state index in [-0.39, 0.29) is 0 Å². The highest BCUT2D eigenvalue weighted by molar-refractivity contribution is 5.32. The van der Waals surface area contributed by atoms with Gasteiger partial charge in [-0.15, -0.1) is 0 Å². The van der Waals surface area contributed by atoms with E-state index >= 15 is 0 Å². The van der Waals surface area contributed by atoms with E-state index in [1.54, 1.807) is 13.8 Å². The number of aryl methyl sites for hydroxylation is 1. The third-order valence-corrected chi connectivity index (χ3v) is 2.73. The quantitative estimate of drug-likeness (QED) is 0.776. The minimum Gasteiger partial charge on any atom is -0.384 e. The van der Waals surface area contributed by atoms with Crippen LogP contribution in [0.1, 0.15) is 25.0 Å². The normalized spacial score (nSPS) is 16.8. The van der Waals surface area contributed by atoms with Gasteiger partial charge in [0.25, 0.3) is 0 Å². The van der Waals surface area contributed by atoms with Gasteiger partial charge in [0.05, 0.1) is 12.0 Å². The summed E-state index contributed by atoms with van der Waals surface area (Å²) in [5, 5.41) is 19.0. The van der Waals surface area contributed by atoms with Crippen molar-refractivity contribution in [2.24, 2.45) is 5.92 Å². The van der Waals surface area contributed by atoms with Gasteiger partial charge < -0.3 is 5.11 Å².